The van der Waals surface area contributed by atoms with Crippen molar-refractivity contribution in [1.82, 2.24) is 0 Å². The van der Waals surface area contributed by atoms with Gasteiger partial charge in [0.2, 0.25) is 0 Å². The molecule has 4 unspecified atom stereocenters. The lowest BCUT2D eigenvalue weighted by Crippen LogP contribution is -2.30. The molecule has 2 aliphatic rings. The van der Waals surface area contributed by atoms with Gasteiger partial charge in [-0.2, -0.15) is 0 Å². The summed E-state index contributed by atoms with van der Waals surface area (Å²) in [4.78, 5) is 0. The van der Waals surface area contributed by atoms with Crippen molar-refractivity contribution < 1.29 is 13.2 Å². The zero-order chi connectivity index (χ0) is 23.4. The van der Waals surface area contributed by atoms with Crippen molar-refractivity contribution >= 4 is 0 Å². The third-order valence-corrected chi connectivity index (χ3v) is 8.03. The molecule has 0 aromatic heterocycles. The first kappa shape index (κ1) is 23.9. The van der Waals surface area contributed by atoms with Gasteiger partial charge in [-0.1, -0.05) is 42.8 Å². The van der Waals surface area contributed by atoms with E-state index in [1.54, 1.807) is 30.3 Å². The van der Waals surface area contributed by atoms with Crippen molar-refractivity contribution in [3.63, 3.8) is 0 Å². The lowest BCUT2D eigenvalue weighted by atomic mass is 9.63. The van der Waals surface area contributed by atoms with Crippen LogP contribution in [0.1, 0.15) is 74.8 Å². The second-order valence-corrected chi connectivity index (χ2v) is 10.0. The largest absolute Gasteiger partial charge is 0.207 e. The summed E-state index contributed by atoms with van der Waals surface area (Å²) in [7, 11) is 0. The summed E-state index contributed by atoms with van der Waals surface area (Å²) in [6, 6.07) is 8.01. The van der Waals surface area contributed by atoms with Crippen molar-refractivity contribution in [2.45, 2.75) is 70.1 Å². The summed E-state index contributed by atoms with van der Waals surface area (Å²) >= 11 is 0. The van der Waals surface area contributed by atoms with E-state index in [1.165, 1.54) is 31.7 Å². The summed E-state index contributed by atoms with van der Waals surface area (Å²) in [5, 5.41) is 0. The molecule has 0 bridgehead atoms. The van der Waals surface area contributed by atoms with E-state index in [4.69, 9.17) is 0 Å². The van der Waals surface area contributed by atoms with Gasteiger partial charge < -0.3 is 0 Å². The van der Waals surface area contributed by atoms with E-state index in [1.807, 2.05) is 6.08 Å². The number of halogens is 3. The molecule has 2 saturated carbocycles. The van der Waals surface area contributed by atoms with Gasteiger partial charge in [0.1, 0.15) is 5.82 Å². The van der Waals surface area contributed by atoms with Gasteiger partial charge in [-0.25, -0.2) is 13.2 Å². The van der Waals surface area contributed by atoms with Gasteiger partial charge in [-0.3, -0.25) is 0 Å². The second kappa shape index (κ2) is 10.8. The van der Waals surface area contributed by atoms with Gasteiger partial charge in [0.05, 0.1) is 0 Å². The molecule has 0 spiro atoms. The Kier molecular flexibility index (Phi) is 7.78. The van der Waals surface area contributed by atoms with Crippen LogP contribution in [0.4, 0.5) is 13.2 Å². The number of allylic oxidation sites excluding steroid dienone is 2. The maximum atomic E-state index is 15.2. The Hall–Kier alpha value is -2.29. The molecule has 4 rings (SSSR count). The molecule has 2 aromatic carbocycles. The summed E-state index contributed by atoms with van der Waals surface area (Å²) in [6.45, 7) is 7.50. The second-order valence-electron chi connectivity index (χ2n) is 10.0. The highest BCUT2D eigenvalue weighted by molar-refractivity contribution is 5.65. The lowest BCUT2D eigenvalue weighted by molar-refractivity contribution is 0.114. The van der Waals surface area contributed by atoms with Crippen LogP contribution in [0.15, 0.2) is 55.6 Å². The zero-order valence-electron chi connectivity index (χ0n) is 19.5. The van der Waals surface area contributed by atoms with Crippen molar-refractivity contribution in [2.24, 2.45) is 17.8 Å². The normalized spacial score (nSPS) is 24.8. The Morgan fingerprint density at radius 2 is 1.58 bits per heavy atom. The summed E-state index contributed by atoms with van der Waals surface area (Å²) in [5.41, 5.74) is 1.56. The third-order valence-electron chi connectivity index (χ3n) is 8.03. The predicted octanol–water partition coefficient (Wildman–Crippen LogP) is 9.16. The standard InChI is InChI=1S/C30H35F3/c1-3-5-7-20-9-10-23-18-24(14-12-22(23)17-20)26-15-16-27(30(33)29(26)32)25-13-11-21(8-6-4-2)28(31)19-25/h3-4,11,13,15-16,19-20,22-24H,1-2,5-10,12,14,17-18H2. The van der Waals surface area contributed by atoms with Gasteiger partial charge in [0.15, 0.2) is 11.6 Å². The van der Waals surface area contributed by atoms with Crippen LogP contribution in [0.3, 0.4) is 0 Å². The SMILES string of the molecule is C=CCCc1ccc(-c2ccc(C3CCC4CC(CCC=C)CCC4C3)c(F)c2F)cc1F. The molecule has 0 saturated heterocycles. The molecule has 2 aromatic rings. The Morgan fingerprint density at radius 1 is 0.818 bits per heavy atom. The molecular weight excluding hydrogens is 417 g/mol. The smallest absolute Gasteiger partial charge is 0.166 e. The van der Waals surface area contributed by atoms with Crippen LogP contribution in [0.2, 0.25) is 0 Å². The van der Waals surface area contributed by atoms with Crippen molar-refractivity contribution in [2.75, 3.05) is 0 Å². The van der Waals surface area contributed by atoms with E-state index in [0.717, 1.165) is 37.5 Å². The Labute approximate surface area is 196 Å². The average molecular weight is 453 g/mol. The van der Waals surface area contributed by atoms with Gasteiger partial charge in [-0.15, -0.1) is 13.2 Å². The first-order chi connectivity index (χ1) is 16.0. The van der Waals surface area contributed by atoms with E-state index in [9.17, 15) is 4.39 Å². The maximum Gasteiger partial charge on any atom is 0.166 e. The molecule has 33 heavy (non-hydrogen) atoms. The van der Waals surface area contributed by atoms with Crippen LogP contribution < -0.4 is 0 Å². The zero-order valence-corrected chi connectivity index (χ0v) is 19.5. The van der Waals surface area contributed by atoms with Crippen LogP contribution >= 0.6 is 0 Å². The van der Waals surface area contributed by atoms with Gasteiger partial charge in [-0.05, 0) is 104 Å². The van der Waals surface area contributed by atoms with E-state index < -0.39 is 11.6 Å². The molecule has 2 aliphatic carbocycles. The van der Waals surface area contributed by atoms with Crippen LogP contribution in [-0.2, 0) is 6.42 Å². The fraction of sp³-hybridized carbons (Fsp3) is 0.467. The van der Waals surface area contributed by atoms with Gasteiger partial charge in [0, 0.05) is 5.56 Å². The van der Waals surface area contributed by atoms with Crippen LogP contribution in [-0.4, -0.2) is 0 Å². The minimum atomic E-state index is -0.860. The molecule has 0 aliphatic heterocycles. The average Bonchev–Trinajstić information content (AvgIpc) is 2.83. The number of aryl methyl sites for hydroxylation is 1. The third kappa shape index (κ3) is 5.28. The van der Waals surface area contributed by atoms with Gasteiger partial charge >= 0.3 is 0 Å². The topological polar surface area (TPSA) is 0 Å². The minimum Gasteiger partial charge on any atom is -0.207 e. The van der Waals surface area contributed by atoms with Crippen molar-refractivity contribution in [1.29, 1.82) is 0 Å². The molecule has 0 nitrogen and oxygen atoms in total. The van der Waals surface area contributed by atoms with E-state index in [0.29, 0.717) is 35.4 Å². The highest BCUT2D eigenvalue weighted by Gasteiger charge is 2.37. The maximum absolute atomic E-state index is 15.2. The van der Waals surface area contributed by atoms with E-state index in [2.05, 4.69) is 13.2 Å². The van der Waals surface area contributed by atoms with Crippen LogP contribution in [0.5, 0.6) is 0 Å². The van der Waals surface area contributed by atoms with E-state index >= 15 is 8.78 Å². The Bertz CT molecular complexity index is 992. The molecule has 4 atom stereocenters. The monoisotopic (exact) mass is 452 g/mol. The van der Waals surface area contributed by atoms with Crippen LogP contribution in [0, 0.1) is 35.2 Å². The predicted molar refractivity (Wildman–Crippen MR) is 131 cm³/mol. The first-order valence-electron chi connectivity index (χ1n) is 12.5. The van der Waals surface area contributed by atoms with E-state index in [-0.39, 0.29) is 17.3 Å². The Morgan fingerprint density at radius 3 is 2.33 bits per heavy atom. The highest BCUT2D eigenvalue weighted by atomic mass is 19.2. The first-order valence-corrected chi connectivity index (χ1v) is 12.5. The quantitative estimate of drug-likeness (QED) is 0.350. The fourth-order valence-electron chi connectivity index (χ4n) is 6.16. The lowest BCUT2D eigenvalue weighted by Gasteiger charge is -2.42. The fourth-order valence-corrected chi connectivity index (χ4v) is 6.16. The number of rotatable bonds is 8. The van der Waals surface area contributed by atoms with Crippen molar-refractivity contribution in [3.05, 3.63) is 84.2 Å². The number of benzene rings is 2. The number of hydrogen-bond acceptors (Lipinski definition) is 0. The summed E-state index contributed by atoms with van der Waals surface area (Å²) < 4.78 is 44.8. The summed E-state index contributed by atoms with van der Waals surface area (Å²) in [5.74, 6) is 0.186. The molecule has 176 valence electrons. The molecule has 0 amide bonds. The number of fused-ring (bicyclic) bond motifs is 1. The highest BCUT2D eigenvalue weighted by Crippen LogP contribution is 2.49. The Balaban J connectivity index is 1.48. The number of hydrogen-bond donors (Lipinski definition) is 0. The van der Waals surface area contributed by atoms with Crippen molar-refractivity contribution in [3.8, 4) is 11.1 Å². The van der Waals surface area contributed by atoms with Gasteiger partial charge in [0.25, 0.3) is 0 Å². The molecule has 3 heteroatoms. The molecule has 0 radical (unpaired) electrons. The summed E-state index contributed by atoms with van der Waals surface area (Å²) in [6.07, 6.45) is 14.0. The molecule has 0 N–H and O–H groups in total. The minimum absolute atomic E-state index is 0.0672. The molecule has 2 fully saturated rings. The van der Waals surface area contributed by atoms with Crippen LogP contribution in [0.25, 0.3) is 11.1 Å². The molecule has 0 heterocycles. The molecular formula is C30H35F3.